The molecule has 1 aliphatic rings. The van der Waals surface area contributed by atoms with E-state index >= 15 is 0 Å². The Morgan fingerprint density at radius 2 is 1.89 bits per heavy atom. The lowest BCUT2D eigenvalue weighted by Gasteiger charge is -2.13. The molecule has 0 atom stereocenters. The second kappa shape index (κ2) is 3.23. The lowest BCUT2D eigenvalue weighted by Crippen LogP contribution is -2.26. The monoisotopic (exact) mass is 126 g/mol. The predicted molar refractivity (Wildman–Crippen MR) is 42.2 cm³/mol. The van der Waals surface area contributed by atoms with Crippen LogP contribution in [0.25, 0.3) is 0 Å². The van der Waals surface area contributed by atoms with E-state index in [1.165, 1.54) is 32.6 Å². The maximum Gasteiger partial charge on any atom is 0.185 e. The van der Waals surface area contributed by atoms with Crippen LogP contribution in [0, 0.1) is 0 Å². The minimum atomic E-state index is 1.23. The Morgan fingerprint density at radius 1 is 1.11 bits per heavy atom. The van der Waals surface area contributed by atoms with Gasteiger partial charge in [-0.1, -0.05) is 0 Å². The number of rotatable bonds is 0. The molecule has 0 saturated carbocycles. The van der Waals surface area contributed by atoms with Crippen molar-refractivity contribution in [2.45, 2.75) is 6.42 Å². The van der Waals surface area contributed by atoms with Crippen LogP contribution in [0.3, 0.4) is 0 Å². The van der Waals surface area contributed by atoms with Crippen molar-refractivity contribution in [3.8, 4) is 0 Å². The van der Waals surface area contributed by atoms with Crippen molar-refractivity contribution in [3.63, 3.8) is 0 Å². The van der Waals surface area contributed by atoms with Crippen LogP contribution in [-0.4, -0.2) is 50.9 Å². The zero-order valence-corrected chi connectivity index (χ0v) is 6.43. The van der Waals surface area contributed by atoms with E-state index in [1.807, 2.05) is 0 Å². The number of likely N-dealkylation sites (N-methyl/N-ethyl adjacent to an activating group) is 1. The summed E-state index contributed by atoms with van der Waals surface area (Å²) in [4.78, 5) is 4.78. The van der Waals surface area contributed by atoms with Gasteiger partial charge in [-0.05, 0) is 33.1 Å². The molecule has 0 aromatic carbocycles. The van der Waals surface area contributed by atoms with E-state index in [9.17, 15) is 0 Å². The predicted octanol–water partition coefficient (Wildman–Crippen LogP) is -0.828. The van der Waals surface area contributed by atoms with Gasteiger partial charge in [0.15, 0.2) is 7.98 Å². The molecule has 0 amide bonds. The second-order valence-corrected chi connectivity index (χ2v) is 2.96. The summed E-state index contributed by atoms with van der Waals surface area (Å²) >= 11 is 0. The van der Waals surface area contributed by atoms with Crippen LogP contribution in [-0.2, 0) is 0 Å². The first-order valence-corrected chi connectivity index (χ1v) is 3.66. The average molecular weight is 126 g/mol. The third-order valence-corrected chi connectivity index (χ3v) is 1.94. The quantitative estimate of drug-likeness (QED) is 0.391. The van der Waals surface area contributed by atoms with Crippen molar-refractivity contribution in [2.75, 3.05) is 33.2 Å². The lowest BCUT2D eigenvalue weighted by atomic mass is 10.3. The molecule has 9 heavy (non-hydrogen) atoms. The number of nitrogens with zero attached hydrogens (tertiary/aromatic N) is 2. The van der Waals surface area contributed by atoms with Crippen LogP contribution in [0.15, 0.2) is 0 Å². The molecule has 0 aromatic rings. The third-order valence-electron chi connectivity index (χ3n) is 1.94. The molecule has 0 unspecified atom stereocenters. The van der Waals surface area contributed by atoms with Crippen LogP contribution >= 0.6 is 0 Å². The molecule has 0 aliphatic carbocycles. The van der Waals surface area contributed by atoms with Crippen molar-refractivity contribution in [3.05, 3.63) is 0 Å². The second-order valence-electron chi connectivity index (χ2n) is 2.96. The maximum atomic E-state index is 2.39. The van der Waals surface area contributed by atoms with E-state index in [1.54, 1.807) is 0 Å². The van der Waals surface area contributed by atoms with Crippen molar-refractivity contribution >= 4 is 7.98 Å². The molecule has 0 spiro atoms. The molecule has 1 heterocycles. The summed E-state index contributed by atoms with van der Waals surface area (Å²) < 4.78 is 0. The molecule has 0 aromatic heterocycles. The fourth-order valence-electron chi connectivity index (χ4n) is 1.18. The van der Waals surface area contributed by atoms with Gasteiger partial charge in [-0.25, -0.2) is 0 Å². The Hall–Kier alpha value is -0.0151. The maximum absolute atomic E-state index is 2.39. The van der Waals surface area contributed by atoms with Crippen molar-refractivity contribution in [1.29, 1.82) is 0 Å². The van der Waals surface area contributed by atoms with E-state index in [0.29, 0.717) is 0 Å². The first-order valence-electron chi connectivity index (χ1n) is 3.66. The lowest BCUT2D eigenvalue weighted by molar-refractivity contribution is 0.350. The molecular formula is C6H15BN2. The Bertz CT molecular complexity index is 77.1. The molecule has 1 saturated heterocycles. The van der Waals surface area contributed by atoms with Gasteiger partial charge in [0.2, 0.25) is 0 Å². The normalized spacial score (nSPS) is 25.9. The molecule has 0 N–H and O–H groups in total. The van der Waals surface area contributed by atoms with E-state index < -0.39 is 0 Å². The summed E-state index contributed by atoms with van der Waals surface area (Å²) in [6.07, 6.45) is 1.33. The summed E-state index contributed by atoms with van der Waals surface area (Å²) in [5.41, 5.74) is 0. The van der Waals surface area contributed by atoms with E-state index in [0.717, 1.165) is 0 Å². The van der Waals surface area contributed by atoms with Crippen LogP contribution in [0.4, 0.5) is 0 Å². The zero-order valence-electron chi connectivity index (χ0n) is 6.43. The Balaban J connectivity index is 2.25. The highest BCUT2D eigenvalue weighted by atomic mass is 15.2. The van der Waals surface area contributed by atoms with Gasteiger partial charge in [0.05, 0.1) is 0 Å². The Morgan fingerprint density at radius 3 is 2.67 bits per heavy atom. The average Bonchev–Trinajstić information content (AvgIpc) is 1.97. The summed E-state index contributed by atoms with van der Waals surface area (Å²) in [5, 5.41) is 0. The van der Waals surface area contributed by atoms with Crippen LogP contribution in [0.2, 0.25) is 0 Å². The molecule has 52 valence electrons. The number of hydrogen-bond donors (Lipinski definition) is 0. The standard InChI is InChI=1S/C6H15BN2/c1-8-3-2-4-9(7)6-5-8/h2-7H2,1H3. The van der Waals surface area contributed by atoms with E-state index in [-0.39, 0.29) is 0 Å². The molecule has 1 fully saturated rings. The Kier molecular flexibility index (Phi) is 2.55. The third kappa shape index (κ3) is 2.37. The topological polar surface area (TPSA) is 6.48 Å². The minimum absolute atomic E-state index is 1.23. The van der Waals surface area contributed by atoms with Crippen molar-refractivity contribution in [2.24, 2.45) is 0 Å². The van der Waals surface area contributed by atoms with E-state index in [4.69, 9.17) is 0 Å². The van der Waals surface area contributed by atoms with Gasteiger partial charge in [0.25, 0.3) is 0 Å². The number of hydrogen-bond acceptors (Lipinski definition) is 2. The minimum Gasteiger partial charge on any atom is -0.348 e. The van der Waals surface area contributed by atoms with Gasteiger partial charge in [-0.2, -0.15) is 0 Å². The van der Waals surface area contributed by atoms with Gasteiger partial charge in [-0.15, -0.1) is 0 Å². The summed E-state index contributed by atoms with van der Waals surface area (Å²) in [6, 6.07) is 0. The first-order chi connectivity index (χ1) is 4.29. The fraction of sp³-hybridized carbons (Fsp3) is 1.00. The summed E-state index contributed by atoms with van der Waals surface area (Å²) in [7, 11) is 4.39. The van der Waals surface area contributed by atoms with Gasteiger partial charge in [0.1, 0.15) is 0 Å². The van der Waals surface area contributed by atoms with Gasteiger partial charge in [-0.3, -0.25) is 0 Å². The highest BCUT2D eigenvalue weighted by Gasteiger charge is 2.06. The molecule has 1 rings (SSSR count). The van der Waals surface area contributed by atoms with Crippen LogP contribution in [0.1, 0.15) is 6.42 Å². The van der Waals surface area contributed by atoms with Crippen molar-refractivity contribution < 1.29 is 0 Å². The smallest absolute Gasteiger partial charge is 0.185 e. The highest BCUT2D eigenvalue weighted by molar-refractivity contribution is 6.04. The molecule has 1 aliphatic heterocycles. The summed E-state index contributed by atoms with van der Waals surface area (Å²) in [6.45, 7) is 5.00. The SMILES string of the molecule is BN1CCCN(C)CC1. The summed E-state index contributed by atoms with van der Waals surface area (Å²) in [5.74, 6) is 0. The fourth-order valence-corrected chi connectivity index (χ4v) is 1.18. The van der Waals surface area contributed by atoms with Gasteiger partial charge in [0, 0.05) is 6.54 Å². The van der Waals surface area contributed by atoms with Crippen LogP contribution < -0.4 is 0 Å². The highest BCUT2D eigenvalue weighted by Crippen LogP contribution is 1.96. The van der Waals surface area contributed by atoms with Gasteiger partial charge >= 0.3 is 0 Å². The van der Waals surface area contributed by atoms with Crippen LogP contribution in [0.5, 0.6) is 0 Å². The van der Waals surface area contributed by atoms with E-state index in [2.05, 4.69) is 24.7 Å². The molecule has 0 radical (unpaired) electrons. The Labute approximate surface area is 58.3 Å². The molecular weight excluding hydrogens is 111 g/mol. The molecule has 0 bridgehead atoms. The molecule has 2 nitrogen and oxygen atoms in total. The van der Waals surface area contributed by atoms with Crippen molar-refractivity contribution in [1.82, 2.24) is 9.71 Å². The van der Waals surface area contributed by atoms with Gasteiger partial charge < -0.3 is 9.71 Å². The largest absolute Gasteiger partial charge is 0.348 e. The molecule has 3 heteroatoms. The zero-order chi connectivity index (χ0) is 6.69. The first kappa shape index (κ1) is 7.10.